The molecule has 0 saturated carbocycles. The average Bonchev–Trinajstić information content (AvgIpc) is 2.60. The number of unbranched alkanes of at least 4 members (excludes halogenated alkanes) is 4. The summed E-state index contributed by atoms with van der Waals surface area (Å²) in [5.74, 6) is 0.148. The zero-order chi connectivity index (χ0) is 18.7. The van der Waals surface area contributed by atoms with Crippen LogP contribution < -0.4 is 10.5 Å². The molecule has 1 aromatic heterocycles. The van der Waals surface area contributed by atoms with E-state index in [1.54, 1.807) is 12.1 Å². The number of phenolic OH excluding ortho intramolecular Hbond substituents is 1. The number of phenols is 1. The number of hydrogen-bond acceptors (Lipinski definition) is 4. The van der Waals surface area contributed by atoms with Crippen molar-refractivity contribution in [2.45, 2.75) is 46.0 Å². The zero-order valence-corrected chi connectivity index (χ0v) is 15.8. The van der Waals surface area contributed by atoms with E-state index in [1.165, 1.54) is 25.7 Å². The third kappa shape index (κ3) is 3.69. The number of aromatic hydroxyl groups is 1. The fourth-order valence-corrected chi connectivity index (χ4v) is 3.44. The molecule has 4 heteroatoms. The molecule has 0 aliphatic rings. The van der Waals surface area contributed by atoms with Gasteiger partial charge in [0, 0.05) is 36.8 Å². The van der Waals surface area contributed by atoms with Crippen LogP contribution in [0.1, 0.15) is 44.6 Å². The third-order valence-electron chi connectivity index (χ3n) is 4.97. The van der Waals surface area contributed by atoms with E-state index in [9.17, 15) is 9.90 Å². The molecule has 0 bridgehead atoms. The van der Waals surface area contributed by atoms with Crippen molar-refractivity contribution in [3.8, 4) is 5.75 Å². The van der Waals surface area contributed by atoms with Gasteiger partial charge in [0.05, 0.1) is 10.8 Å². The maximum Gasteiger partial charge on any atom is 0.344 e. The van der Waals surface area contributed by atoms with Crippen LogP contribution in [-0.4, -0.2) is 18.7 Å². The second-order valence-electron chi connectivity index (χ2n) is 7.11. The number of fused-ring (bicyclic) bond motifs is 3. The predicted octanol–water partition coefficient (Wildman–Crippen LogP) is 5.37. The normalized spacial score (nSPS) is 11.3. The molecular formula is C22H27NO3. The van der Waals surface area contributed by atoms with Gasteiger partial charge in [-0.1, -0.05) is 50.3 Å². The maximum absolute atomic E-state index is 12.3. The number of hydrogen-bond donors (Lipinski definition) is 1. The van der Waals surface area contributed by atoms with Crippen molar-refractivity contribution < 1.29 is 9.52 Å². The minimum atomic E-state index is -0.369. The smallest absolute Gasteiger partial charge is 0.344 e. The predicted molar refractivity (Wildman–Crippen MR) is 108 cm³/mol. The second-order valence-corrected chi connectivity index (χ2v) is 7.11. The molecule has 1 heterocycles. The van der Waals surface area contributed by atoms with Crippen LogP contribution >= 0.6 is 0 Å². The van der Waals surface area contributed by atoms with Gasteiger partial charge >= 0.3 is 5.63 Å². The van der Waals surface area contributed by atoms with Crippen molar-refractivity contribution in [1.29, 1.82) is 0 Å². The number of rotatable bonds is 7. The van der Waals surface area contributed by atoms with E-state index in [0.717, 1.165) is 29.6 Å². The lowest BCUT2D eigenvalue weighted by molar-refractivity contribution is 0.479. The molecule has 1 N–H and O–H groups in total. The van der Waals surface area contributed by atoms with Gasteiger partial charge in [-0.3, -0.25) is 0 Å². The van der Waals surface area contributed by atoms with E-state index >= 15 is 0 Å². The molecule has 0 amide bonds. The fraction of sp³-hybridized carbons (Fsp3) is 0.409. The molecule has 0 saturated heterocycles. The number of anilines is 1. The molecule has 0 unspecified atom stereocenters. The van der Waals surface area contributed by atoms with Crippen molar-refractivity contribution in [3.63, 3.8) is 0 Å². The summed E-state index contributed by atoms with van der Waals surface area (Å²) in [5, 5.41) is 12.5. The Morgan fingerprint density at radius 3 is 2.58 bits per heavy atom. The number of nitrogens with zero attached hydrogens (tertiary/aromatic N) is 1. The van der Waals surface area contributed by atoms with Crippen molar-refractivity contribution >= 4 is 27.4 Å². The molecule has 0 aliphatic carbocycles. The van der Waals surface area contributed by atoms with Gasteiger partial charge in [-0.15, -0.1) is 0 Å². The summed E-state index contributed by atoms with van der Waals surface area (Å²) in [6, 6.07) is 9.17. The van der Waals surface area contributed by atoms with Crippen LogP contribution in [0.25, 0.3) is 21.7 Å². The lowest BCUT2D eigenvalue weighted by Crippen LogP contribution is -2.18. The minimum absolute atomic E-state index is 0.148. The molecule has 3 rings (SSSR count). The first kappa shape index (κ1) is 18.3. The maximum atomic E-state index is 12.3. The minimum Gasteiger partial charge on any atom is -0.507 e. The average molecular weight is 353 g/mol. The van der Waals surface area contributed by atoms with E-state index in [-0.39, 0.29) is 11.4 Å². The Morgan fingerprint density at radius 1 is 1.04 bits per heavy atom. The molecule has 4 nitrogen and oxygen atoms in total. The SMILES string of the molecule is CCCCCCCN(C)c1cc(O)c2c(c1)oc(=O)c1ccc(C)cc12. The van der Waals surface area contributed by atoms with E-state index < -0.39 is 0 Å². The lowest BCUT2D eigenvalue weighted by atomic mass is 10.0. The molecule has 26 heavy (non-hydrogen) atoms. The Balaban J connectivity index is 1.95. The van der Waals surface area contributed by atoms with Gasteiger partial charge in [0.2, 0.25) is 0 Å². The van der Waals surface area contributed by atoms with Crippen LogP contribution in [0.2, 0.25) is 0 Å². The van der Waals surface area contributed by atoms with E-state index in [0.29, 0.717) is 16.4 Å². The molecule has 0 aliphatic heterocycles. The van der Waals surface area contributed by atoms with Gasteiger partial charge in [0.15, 0.2) is 0 Å². The van der Waals surface area contributed by atoms with Gasteiger partial charge < -0.3 is 14.4 Å². The molecule has 0 atom stereocenters. The van der Waals surface area contributed by atoms with Crippen LogP contribution in [0.4, 0.5) is 5.69 Å². The molecule has 0 fully saturated rings. The van der Waals surface area contributed by atoms with E-state index in [4.69, 9.17) is 4.42 Å². The topological polar surface area (TPSA) is 53.7 Å². The fourth-order valence-electron chi connectivity index (χ4n) is 3.44. The van der Waals surface area contributed by atoms with Crippen molar-refractivity contribution in [2.75, 3.05) is 18.5 Å². The molecular weight excluding hydrogens is 326 g/mol. The van der Waals surface area contributed by atoms with Crippen molar-refractivity contribution in [1.82, 2.24) is 0 Å². The molecule has 3 aromatic rings. The van der Waals surface area contributed by atoms with Gasteiger partial charge in [-0.25, -0.2) is 4.79 Å². The Hall–Kier alpha value is -2.49. The highest BCUT2D eigenvalue weighted by Crippen LogP contribution is 2.35. The first-order chi connectivity index (χ1) is 12.5. The summed E-state index contributed by atoms with van der Waals surface area (Å²) < 4.78 is 5.50. The molecule has 0 radical (unpaired) electrons. The highest BCUT2D eigenvalue weighted by molar-refractivity contribution is 6.08. The van der Waals surface area contributed by atoms with Crippen LogP contribution in [0.3, 0.4) is 0 Å². The monoisotopic (exact) mass is 353 g/mol. The van der Waals surface area contributed by atoms with E-state index in [1.807, 2.05) is 32.2 Å². The lowest BCUT2D eigenvalue weighted by Gasteiger charge is -2.20. The molecule has 138 valence electrons. The van der Waals surface area contributed by atoms with Gasteiger partial charge in [-0.2, -0.15) is 0 Å². The Bertz CT molecular complexity index is 974. The van der Waals surface area contributed by atoms with Gasteiger partial charge in [-0.05, 0) is 19.4 Å². The summed E-state index contributed by atoms with van der Waals surface area (Å²) >= 11 is 0. The highest BCUT2D eigenvalue weighted by Gasteiger charge is 2.14. The van der Waals surface area contributed by atoms with Crippen LogP contribution in [-0.2, 0) is 0 Å². The Kier molecular flexibility index (Phi) is 5.50. The van der Waals surface area contributed by atoms with Crippen LogP contribution in [0.5, 0.6) is 5.75 Å². The van der Waals surface area contributed by atoms with Crippen molar-refractivity contribution in [3.05, 3.63) is 46.3 Å². The quantitative estimate of drug-likeness (QED) is 0.353. The Morgan fingerprint density at radius 2 is 1.81 bits per heavy atom. The summed E-state index contributed by atoms with van der Waals surface area (Å²) in [5.41, 5.74) is 1.96. The van der Waals surface area contributed by atoms with E-state index in [2.05, 4.69) is 11.8 Å². The molecule has 0 spiro atoms. The number of benzene rings is 2. The summed E-state index contributed by atoms with van der Waals surface area (Å²) in [6.07, 6.45) is 6.08. The van der Waals surface area contributed by atoms with Crippen molar-refractivity contribution in [2.24, 2.45) is 0 Å². The highest BCUT2D eigenvalue weighted by atomic mass is 16.4. The number of aryl methyl sites for hydroxylation is 1. The van der Waals surface area contributed by atoms with Crippen LogP contribution in [0, 0.1) is 6.92 Å². The second kappa shape index (κ2) is 7.81. The summed E-state index contributed by atoms with van der Waals surface area (Å²) in [6.45, 7) is 5.09. The Labute approximate surface area is 154 Å². The largest absolute Gasteiger partial charge is 0.507 e. The molecule has 2 aromatic carbocycles. The van der Waals surface area contributed by atoms with Gasteiger partial charge in [0.25, 0.3) is 0 Å². The zero-order valence-electron chi connectivity index (χ0n) is 15.8. The first-order valence-electron chi connectivity index (χ1n) is 9.42. The third-order valence-corrected chi connectivity index (χ3v) is 4.97. The first-order valence-corrected chi connectivity index (χ1v) is 9.42. The summed E-state index contributed by atoms with van der Waals surface area (Å²) in [4.78, 5) is 14.4. The summed E-state index contributed by atoms with van der Waals surface area (Å²) in [7, 11) is 2.00. The van der Waals surface area contributed by atoms with Crippen LogP contribution in [0.15, 0.2) is 39.5 Å². The standard InChI is InChI=1S/C22H27NO3/c1-4-5-6-7-8-11-23(3)16-13-19(24)21-18-12-15(2)9-10-17(18)22(25)26-20(21)14-16/h9-10,12-14,24H,4-8,11H2,1-3H3. The van der Waals surface area contributed by atoms with Gasteiger partial charge in [0.1, 0.15) is 11.3 Å².